The molecule has 8 nitrogen and oxygen atoms in total. The van der Waals surface area contributed by atoms with Crippen LogP contribution in [0.25, 0.3) is 0 Å². The number of carbonyl (C=O) groups excluding carboxylic acids is 2. The van der Waals surface area contributed by atoms with E-state index in [0.717, 1.165) is 11.8 Å². The number of nitrogens with zero attached hydrogens (tertiary/aromatic N) is 2. The monoisotopic (exact) mass is 489 g/mol. The van der Waals surface area contributed by atoms with E-state index in [1.165, 1.54) is 4.31 Å². The SMILES string of the molecule is CCC(C(=O)NC)N(CCc1ccccc1)C(=O)CCCN(c1ccc(OC)cc1)S(C)(=O)=O. The predicted octanol–water partition coefficient (Wildman–Crippen LogP) is 2.84. The van der Waals surface area contributed by atoms with Gasteiger partial charge in [0.2, 0.25) is 21.8 Å². The smallest absolute Gasteiger partial charge is 0.242 e. The van der Waals surface area contributed by atoms with Gasteiger partial charge in [-0.1, -0.05) is 37.3 Å². The molecule has 9 heteroatoms. The third-order valence-electron chi connectivity index (χ3n) is 5.63. The number of carbonyl (C=O) groups is 2. The molecule has 2 aromatic carbocycles. The fourth-order valence-electron chi connectivity index (χ4n) is 3.81. The Morgan fingerprint density at radius 1 is 1.03 bits per heavy atom. The summed E-state index contributed by atoms with van der Waals surface area (Å²) in [4.78, 5) is 27.3. The summed E-state index contributed by atoms with van der Waals surface area (Å²) in [5.74, 6) is 0.246. The molecule has 0 heterocycles. The highest BCUT2D eigenvalue weighted by Gasteiger charge is 2.27. The van der Waals surface area contributed by atoms with Gasteiger partial charge in [-0.05, 0) is 49.1 Å². The first kappa shape index (κ1) is 27.2. The van der Waals surface area contributed by atoms with Crippen LogP contribution in [0.3, 0.4) is 0 Å². The Bertz CT molecular complexity index is 1030. The first-order valence-corrected chi connectivity index (χ1v) is 13.2. The third kappa shape index (κ3) is 7.76. The average Bonchev–Trinajstić information content (AvgIpc) is 2.83. The number of rotatable bonds is 13. The van der Waals surface area contributed by atoms with Crippen molar-refractivity contribution >= 4 is 27.5 Å². The molecule has 1 unspecified atom stereocenters. The zero-order valence-corrected chi connectivity index (χ0v) is 21.2. The van der Waals surface area contributed by atoms with Gasteiger partial charge in [-0.2, -0.15) is 0 Å². The van der Waals surface area contributed by atoms with Crippen LogP contribution in [0.15, 0.2) is 54.6 Å². The number of sulfonamides is 1. The molecule has 0 saturated heterocycles. The van der Waals surface area contributed by atoms with Gasteiger partial charge in [0.05, 0.1) is 19.1 Å². The molecule has 0 aliphatic rings. The molecule has 2 aromatic rings. The van der Waals surface area contributed by atoms with Crippen molar-refractivity contribution in [2.24, 2.45) is 0 Å². The molecular formula is C25H35N3O5S. The molecule has 2 rings (SSSR count). The highest BCUT2D eigenvalue weighted by atomic mass is 32.2. The summed E-state index contributed by atoms with van der Waals surface area (Å²) < 4.78 is 31.2. The summed E-state index contributed by atoms with van der Waals surface area (Å²) in [7, 11) is -0.435. The van der Waals surface area contributed by atoms with Crippen molar-refractivity contribution in [1.82, 2.24) is 10.2 Å². The van der Waals surface area contributed by atoms with E-state index in [-0.39, 0.29) is 24.8 Å². The number of amides is 2. The fraction of sp³-hybridized carbons (Fsp3) is 0.440. The number of methoxy groups -OCH3 is 1. The van der Waals surface area contributed by atoms with Crippen LogP contribution in [-0.4, -0.2) is 64.7 Å². The van der Waals surface area contributed by atoms with E-state index in [1.54, 1.807) is 43.3 Å². The van der Waals surface area contributed by atoms with Crippen LogP contribution in [0.1, 0.15) is 31.7 Å². The Morgan fingerprint density at radius 2 is 1.68 bits per heavy atom. The molecule has 0 fully saturated rings. The number of likely N-dealkylation sites (N-methyl/N-ethyl adjacent to an activating group) is 1. The molecule has 0 spiro atoms. The number of benzene rings is 2. The quantitative estimate of drug-likeness (QED) is 0.467. The van der Waals surface area contributed by atoms with Crippen LogP contribution in [0, 0.1) is 0 Å². The van der Waals surface area contributed by atoms with Crippen LogP contribution in [0.2, 0.25) is 0 Å². The van der Waals surface area contributed by atoms with E-state index < -0.39 is 16.1 Å². The lowest BCUT2D eigenvalue weighted by atomic mass is 10.1. The Balaban J connectivity index is 2.11. The molecule has 0 bridgehead atoms. The van der Waals surface area contributed by atoms with Crippen LogP contribution < -0.4 is 14.4 Å². The van der Waals surface area contributed by atoms with Gasteiger partial charge < -0.3 is 15.0 Å². The Morgan fingerprint density at radius 3 is 2.21 bits per heavy atom. The highest BCUT2D eigenvalue weighted by Crippen LogP contribution is 2.22. The fourth-order valence-corrected chi connectivity index (χ4v) is 4.78. The second-order valence-corrected chi connectivity index (χ2v) is 9.90. The van der Waals surface area contributed by atoms with Gasteiger partial charge in [0.1, 0.15) is 11.8 Å². The number of hydrogen-bond donors (Lipinski definition) is 1. The van der Waals surface area contributed by atoms with E-state index in [1.807, 2.05) is 37.3 Å². The topological polar surface area (TPSA) is 96.0 Å². The molecule has 0 aliphatic carbocycles. The van der Waals surface area contributed by atoms with Gasteiger partial charge in [0.15, 0.2) is 0 Å². The molecule has 0 saturated carbocycles. The minimum Gasteiger partial charge on any atom is -0.497 e. The second-order valence-electron chi connectivity index (χ2n) is 8.00. The van der Waals surface area contributed by atoms with Crippen molar-refractivity contribution in [2.75, 3.05) is 37.8 Å². The lowest BCUT2D eigenvalue weighted by Crippen LogP contribution is -2.49. The number of nitrogens with one attached hydrogen (secondary N) is 1. The lowest BCUT2D eigenvalue weighted by Gasteiger charge is -2.30. The molecular weight excluding hydrogens is 454 g/mol. The minimum absolute atomic E-state index is 0.129. The molecule has 0 radical (unpaired) electrons. The number of hydrogen-bond acceptors (Lipinski definition) is 5. The van der Waals surface area contributed by atoms with E-state index >= 15 is 0 Å². The van der Waals surface area contributed by atoms with E-state index in [2.05, 4.69) is 5.32 Å². The van der Waals surface area contributed by atoms with Crippen LogP contribution in [0.4, 0.5) is 5.69 Å². The summed E-state index contributed by atoms with van der Waals surface area (Å²) in [6.07, 6.45) is 2.71. The van der Waals surface area contributed by atoms with Crippen molar-refractivity contribution in [3.8, 4) is 5.75 Å². The molecule has 0 aliphatic heterocycles. The van der Waals surface area contributed by atoms with Crippen molar-refractivity contribution in [3.05, 3.63) is 60.2 Å². The maximum atomic E-state index is 13.2. The van der Waals surface area contributed by atoms with Crippen LogP contribution >= 0.6 is 0 Å². The first-order chi connectivity index (χ1) is 16.2. The van der Waals surface area contributed by atoms with Crippen molar-refractivity contribution < 1.29 is 22.7 Å². The van der Waals surface area contributed by atoms with E-state index in [9.17, 15) is 18.0 Å². The summed E-state index contributed by atoms with van der Waals surface area (Å²) in [5.41, 5.74) is 1.59. The van der Waals surface area contributed by atoms with E-state index in [0.29, 0.717) is 37.2 Å². The average molecular weight is 490 g/mol. The molecule has 34 heavy (non-hydrogen) atoms. The Hall–Kier alpha value is -3.07. The van der Waals surface area contributed by atoms with Gasteiger partial charge in [-0.25, -0.2) is 8.42 Å². The first-order valence-electron chi connectivity index (χ1n) is 11.4. The van der Waals surface area contributed by atoms with Crippen molar-refractivity contribution in [1.29, 1.82) is 0 Å². The number of ether oxygens (including phenoxy) is 1. The molecule has 186 valence electrons. The summed E-state index contributed by atoms with van der Waals surface area (Å²) in [5, 5.41) is 2.64. The number of anilines is 1. The predicted molar refractivity (Wildman–Crippen MR) is 134 cm³/mol. The molecule has 1 atom stereocenters. The zero-order chi connectivity index (χ0) is 25.1. The minimum atomic E-state index is -3.54. The Kier molecular flexibility index (Phi) is 10.4. The molecule has 2 amide bonds. The van der Waals surface area contributed by atoms with E-state index in [4.69, 9.17) is 4.74 Å². The van der Waals surface area contributed by atoms with Crippen LogP contribution in [0.5, 0.6) is 5.75 Å². The standard InChI is InChI=1S/C25H35N3O5S/c1-5-23(25(30)26-2)27(19-17-20-10-7-6-8-11-20)24(29)12-9-18-28(34(4,31)32)21-13-15-22(33-3)16-14-21/h6-8,10-11,13-16,23H,5,9,12,17-19H2,1-4H3,(H,26,30). The maximum absolute atomic E-state index is 13.2. The summed E-state index contributed by atoms with van der Waals surface area (Å²) in [6, 6.07) is 15.9. The second kappa shape index (κ2) is 13.0. The lowest BCUT2D eigenvalue weighted by molar-refractivity contribution is -0.140. The van der Waals surface area contributed by atoms with Gasteiger partial charge in [-0.15, -0.1) is 0 Å². The van der Waals surface area contributed by atoms with Crippen molar-refractivity contribution in [3.63, 3.8) is 0 Å². The van der Waals surface area contributed by atoms with Crippen molar-refractivity contribution in [2.45, 2.75) is 38.6 Å². The normalized spacial score (nSPS) is 12.0. The molecule has 1 N–H and O–H groups in total. The van der Waals surface area contributed by atoms with Crippen LogP contribution in [-0.2, 0) is 26.0 Å². The Labute approximate surface area is 202 Å². The maximum Gasteiger partial charge on any atom is 0.242 e. The largest absolute Gasteiger partial charge is 0.497 e. The van der Waals surface area contributed by atoms with Gasteiger partial charge in [-0.3, -0.25) is 13.9 Å². The summed E-state index contributed by atoms with van der Waals surface area (Å²) >= 11 is 0. The van der Waals surface area contributed by atoms with Gasteiger partial charge >= 0.3 is 0 Å². The van der Waals surface area contributed by atoms with Gasteiger partial charge in [0, 0.05) is 26.6 Å². The highest BCUT2D eigenvalue weighted by molar-refractivity contribution is 7.92. The zero-order valence-electron chi connectivity index (χ0n) is 20.4. The van der Waals surface area contributed by atoms with Gasteiger partial charge in [0.25, 0.3) is 0 Å². The third-order valence-corrected chi connectivity index (χ3v) is 6.82. The molecule has 0 aromatic heterocycles. The summed E-state index contributed by atoms with van der Waals surface area (Å²) in [6.45, 7) is 2.43.